The van der Waals surface area contributed by atoms with Gasteiger partial charge in [-0.15, -0.1) is 0 Å². The van der Waals surface area contributed by atoms with Crippen molar-refractivity contribution in [3.63, 3.8) is 0 Å². The van der Waals surface area contributed by atoms with Crippen LogP contribution in [0.3, 0.4) is 0 Å². The SMILES string of the molecule is CCCCCCCCCCCCCCNC(=O)CCC(CCC(=O)NCCCCCCCCCCCCCC)CCC(CCC(=O)NCCCCCCCCCCCCCC)CCC(=O)NCCCCCCCCCCCCCC. The van der Waals surface area contributed by atoms with Crippen molar-refractivity contribution in [1.29, 1.82) is 0 Å². The third-order valence-corrected chi connectivity index (χ3v) is 17.5. The molecule has 0 saturated heterocycles. The average molecular weight is 1130 g/mol. The first-order valence-electron chi connectivity index (χ1n) is 36.4. The Labute approximate surface area is 499 Å². The summed E-state index contributed by atoms with van der Waals surface area (Å²) < 4.78 is 0. The van der Waals surface area contributed by atoms with Gasteiger partial charge < -0.3 is 21.3 Å². The summed E-state index contributed by atoms with van der Waals surface area (Å²) in [6, 6.07) is 0. The van der Waals surface area contributed by atoms with E-state index in [0.29, 0.717) is 25.7 Å². The number of unbranched alkanes of at least 4 members (excludes halogenated alkanes) is 44. The fourth-order valence-electron chi connectivity index (χ4n) is 11.8. The van der Waals surface area contributed by atoms with Crippen molar-refractivity contribution in [3.8, 4) is 0 Å². The smallest absolute Gasteiger partial charge is 0.220 e. The minimum Gasteiger partial charge on any atom is -0.356 e. The molecule has 0 aromatic rings. The highest BCUT2D eigenvalue weighted by Gasteiger charge is 2.19. The van der Waals surface area contributed by atoms with Crippen LogP contribution in [0.15, 0.2) is 0 Å². The van der Waals surface area contributed by atoms with Crippen molar-refractivity contribution in [2.75, 3.05) is 26.2 Å². The molecule has 0 aliphatic heterocycles. The van der Waals surface area contributed by atoms with Gasteiger partial charge in [0.1, 0.15) is 0 Å². The minimum atomic E-state index is 0.126. The first-order chi connectivity index (χ1) is 39.4. The third-order valence-electron chi connectivity index (χ3n) is 17.5. The lowest BCUT2D eigenvalue weighted by molar-refractivity contribution is -0.123. The van der Waals surface area contributed by atoms with Crippen molar-refractivity contribution in [2.45, 2.75) is 400 Å². The van der Waals surface area contributed by atoms with Crippen LogP contribution in [-0.2, 0) is 19.2 Å². The van der Waals surface area contributed by atoms with E-state index in [4.69, 9.17) is 0 Å². The second-order valence-corrected chi connectivity index (χ2v) is 25.4. The molecule has 0 atom stereocenters. The monoisotopic (exact) mass is 1130 g/mol. The molecule has 0 bridgehead atoms. The molecule has 474 valence electrons. The second kappa shape index (κ2) is 66.0. The zero-order valence-electron chi connectivity index (χ0n) is 54.6. The number of rotatable bonds is 67. The lowest BCUT2D eigenvalue weighted by Crippen LogP contribution is -2.27. The molecule has 80 heavy (non-hydrogen) atoms. The summed E-state index contributed by atoms with van der Waals surface area (Å²) in [4.78, 5) is 52.9. The molecule has 4 N–H and O–H groups in total. The van der Waals surface area contributed by atoms with Gasteiger partial charge in [-0.05, 0) is 63.2 Å². The normalized spacial score (nSPS) is 11.5. The van der Waals surface area contributed by atoms with E-state index in [-0.39, 0.29) is 35.5 Å². The van der Waals surface area contributed by atoms with Gasteiger partial charge in [-0.2, -0.15) is 0 Å². The summed E-state index contributed by atoms with van der Waals surface area (Å²) in [5.74, 6) is 0.987. The summed E-state index contributed by atoms with van der Waals surface area (Å²) in [6.07, 6.45) is 69.5. The fraction of sp³-hybridized carbons (Fsp3) is 0.944. The summed E-state index contributed by atoms with van der Waals surface area (Å²) in [7, 11) is 0. The molecule has 0 saturated carbocycles. The first kappa shape index (κ1) is 77.9. The van der Waals surface area contributed by atoms with E-state index < -0.39 is 0 Å². The van der Waals surface area contributed by atoms with E-state index in [1.165, 1.54) is 283 Å². The average Bonchev–Trinajstić information content (AvgIpc) is 3.46. The largest absolute Gasteiger partial charge is 0.356 e. The molecule has 0 spiro atoms. The maximum Gasteiger partial charge on any atom is 0.220 e. The summed E-state index contributed by atoms with van der Waals surface area (Å²) >= 11 is 0. The molecule has 0 rings (SSSR count). The molecule has 0 heterocycles. The van der Waals surface area contributed by atoms with E-state index in [2.05, 4.69) is 49.0 Å². The first-order valence-corrected chi connectivity index (χ1v) is 36.4. The summed E-state index contributed by atoms with van der Waals surface area (Å²) in [5.41, 5.74) is 0. The van der Waals surface area contributed by atoms with Gasteiger partial charge in [-0.1, -0.05) is 323 Å². The topological polar surface area (TPSA) is 116 Å². The number of carbonyl (C=O) groups excluding carboxylic acids is 4. The van der Waals surface area contributed by atoms with Crippen LogP contribution in [-0.4, -0.2) is 49.8 Å². The molecule has 0 aromatic carbocycles. The Bertz CT molecular complexity index is 1110. The Morgan fingerprint density at radius 3 is 0.487 bits per heavy atom. The maximum atomic E-state index is 13.2. The Balaban J connectivity index is 5.24. The van der Waals surface area contributed by atoms with E-state index >= 15 is 0 Å². The van der Waals surface area contributed by atoms with Gasteiger partial charge in [0.05, 0.1) is 0 Å². The molecule has 4 amide bonds. The lowest BCUT2D eigenvalue weighted by atomic mass is 9.85. The number of amides is 4. The van der Waals surface area contributed by atoms with Crippen LogP contribution >= 0.6 is 0 Å². The Hall–Kier alpha value is -2.12. The maximum absolute atomic E-state index is 13.2. The van der Waals surface area contributed by atoms with Crippen molar-refractivity contribution in [2.24, 2.45) is 11.8 Å². The van der Waals surface area contributed by atoms with Crippen LogP contribution in [0.4, 0.5) is 0 Å². The quantitative estimate of drug-likeness (QED) is 0.0454. The van der Waals surface area contributed by atoms with Crippen molar-refractivity contribution in [1.82, 2.24) is 21.3 Å². The molecule has 0 aliphatic carbocycles. The van der Waals surface area contributed by atoms with Gasteiger partial charge in [-0.25, -0.2) is 0 Å². The van der Waals surface area contributed by atoms with Gasteiger partial charge in [0.25, 0.3) is 0 Å². The van der Waals surface area contributed by atoms with Crippen molar-refractivity contribution in [3.05, 3.63) is 0 Å². The van der Waals surface area contributed by atoms with E-state index in [1.54, 1.807) is 0 Å². The number of hydrogen-bond acceptors (Lipinski definition) is 4. The van der Waals surface area contributed by atoms with Crippen LogP contribution in [0.1, 0.15) is 400 Å². The minimum absolute atomic E-state index is 0.126. The molecule has 0 aromatic heterocycles. The molecule has 0 unspecified atom stereocenters. The molecular weight excluding hydrogens is 985 g/mol. The van der Waals surface area contributed by atoms with Gasteiger partial charge in [0.2, 0.25) is 23.6 Å². The summed E-state index contributed by atoms with van der Waals surface area (Å²) in [5, 5.41) is 12.9. The zero-order valence-corrected chi connectivity index (χ0v) is 54.6. The highest BCUT2D eigenvalue weighted by atomic mass is 16.2. The highest BCUT2D eigenvalue weighted by Crippen LogP contribution is 2.27. The number of hydrogen-bond donors (Lipinski definition) is 4. The van der Waals surface area contributed by atoms with Crippen LogP contribution in [0.5, 0.6) is 0 Å². The predicted octanol–water partition coefficient (Wildman–Crippen LogP) is 21.4. The molecule has 0 aliphatic rings. The van der Waals surface area contributed by atoms with Gasteiger partial charge in [0, 0.05) is 51.9 Å². The van der Waals surface area contributed by atoms with Crippen LogP contribution in [0, 0.1) is 11.8 Å². The molecule has 8 heteroatoms. The Kier molecular flexibility index (Phi) is 64.3. The second-order valence-electron chi connectivity index (χ2n) is 25.4. The van der Waals surface area contributed by atoms with Crippen molar-refractivity contribution >= 4 is 23.6 Å². The Morgan fingerprint density at radius 2 is 0.338 bits per heavy atom. The van der Waals surface area contributed by atoms with Crippen molar-refractivity contribution < 1.29 is 19.2 Å². The third kappa shape index (κ3) is 61.9. The zero-order chi connectivity index (χ0) is 58.1. The summed E-state index contributed by atoms with van der Waals surface area (Å²) in [6.45, 7) is 12.1. The van der Waals surface area contributed by atoms with Gasteiger partial charge in [-0.3, -0.25) is 19.2 Å². The van der Waals surface area contributed by atoms with E-state index in [9.17, 15) is 19.2 Å². The molecule has 8 nitrogen and oxygen atoms in total. The molecule has 0 radical (unpaired) electrons. The van der Waals surface area contributed by atoms with Gasteiger partial charge in [0.15, 0.2) is 0 Å². The molecule has 0 fully saturated rings. The van der Waals surface area contributed by atoms with Crippen LogP contribution < -0.4 is 21.3 Å². The van der Waals surface area contributed by atoms with Crippen LogP contribution in [0.2, 0.25) is 0 Å². The number of carbonyl (C=O) groups is 4. The Morgan fingerprint density at radius 1 is 0.200 bits per heavy atom. The van der Waals surface area contributed by atoms with E-state index in [1.807, 2.05) is 0 Å². The number of nitrogens with one attached hydrogen (secondary N) is 4. The fourth-order valence-corrected chi connectivity index (χ4v) is 11.8. The molecular formula is C72H142N4O4. The van der Waals surface area contributed by atoms with Crippen LogP contribution in [0.25, 0.3) is 0 Å². The predicted molar refractivity (Wildman–Crippen MR) is 350 cm³/mol. The standard InChI is InChI=1S/C72H142N4O4/c1-5-9-13-17-21-25-29-33-37-41-45-49-63-73-69(77)59-55-67(56-60-70(78)74-64-50-46-42-38-34-30-26-22-18-14-10-6-2)53-54-68(57-61-71(79)75-65-51-47-43-39-35-31-27-23-19-15-11-7-3)58-62-72(80)76-66-52-48-44-40-36-32-28-24-20-16-12-8-4/h67-68H,5-66H2,1-4H3,(H,73,77)(H,74,78)(H,75,79)(H,76,80). The van der Waals surface area contributed by atoms with Gasteiger partial charge >= 0.3 is 0 Å². The highest BCUT2D eigenvalue weighted by molar-refractivity contribution is 5.77. The lowest BCUT2D eigenvalue weighted by Gasteiger charge is -2.22. The van der Waals surface area contributed by atoms with E-state index in [0.717, 1.165) is 90.4 Å².